The molecule has 0 unspecified atom stereocenters. The Kier molecular flexibility index (Phi) is 2.81. The van der Waals surface area contributed by atoms with Crippen molar-refractivity contribution in [1.29, 1.82) is 0 Å². The van der Waals surface area contributed by atoms with Crippen molar-refractivity contribution in [1.82, 2.24) is 0 Å². The minimum Gasteiger partial charge on any atom is -0.398 e. The van der Waals surface area contributed by atoms with Crippen LogP contribution in [0.4, 0.5) is 18.9 Å². The summed E-state index contributed by atoms with van der Waals surface area (Å²) in [6.07, 6.45) is -4.69. The fraction of sp³-hybridized carbons (Fsp3) is 0.125. The molecule has 0 saturated heterocycles. The van der Waals surface area contributed by atoms with Gasteiger partial charge in [-0.05, 0) is 12.1 Å². The van der Waals surface area contributed by atoms with Gasteiger partial charge in [-0.2, -0.15) is 13.2 Å². The monoisotopic (exact) mass is 238 g/mol. The molecule has 0 bridgehead atoms. The van der Waals surface area contributed by atoms with Crippen LogP contribution in [0.1, 0.15) is 15.9 Å². The van der Waals surface area contributed by atoms with E-state index < -0.39 is 23.2 Å². The minimum atomic E-state index is -4.69. The predicted octanol–water partition coefficient (Wildman–Crippen LogP) is 2.04. The summed E-state index contributed by atoms with van der Waals surface area (Å²) in [6, 6.07) is 1.39. The topological polar surface area (TPSA) is 69.1 Å². The zero-order valence-corrected chi connectivity index (χ0v) is 7.99. The van der Waals surface area contributed by atoms with Crippen molar-refractivity contribution >= 4 is 23.2 Å². The fourth-order valence-electron chi connectivity index (χ4n) is 1.03. The van der Waals surface area contributed by atoms with Crippen LogP contribution in [-0.2, 0) is 6.18 Å². The summed E-state index contributed by atoms with van der Waals surface area (Å²) in [4.78, 5) is 10.8. The van der Waals surface area contributed by atoms with Gasteiger partial charge in [0.2, 0.25) is 5.91 Å². The number of hydrogen-bond donors (Lipinski definition) is 2. The number of amides is 1. The second-order valence-electron chi connectivity index (χ2n) is 2.78. The van der Waals surface area contributed by atoms with E-state index >= 15 is 0 Å². The number of alkyl halides is 3. The molecule has 0 heterocycles. The molecule has 7 heteroatoms. The molecule has 82 valence electrons. The number of benzene rings is 1. The van der Waals surface area contributed by atoms with E-state index in [0.29, 0.717) is 6.07 Å². The standard InChI is InChI=1S/C8H6ClF3N2O/c9-5-2-4(8(10,11)12)3(7(14)15)1-6(5)13/h1-2H,13H2,(H2,14,15). The molecule has 1 aromatic carbocycles. The van der Waals surface area contributed by atoms with Crippen LogP contribution in [0.15, 0.2) is 12.1 Å². The Hall–Kier alpha value is -1.43. The highest BCUT2D eigenvalue weighted by Crippen LogP contribution is 2.35. The highest BCUT2D eigenvalue weighted by molar-refractivity contribution is 6.33. The van der Waals surface area contributed by atoms with Gasteiger partial charge in [-0.3, -0.25) is 4.79 Å². The summed E-state index contributed by atoms with van der Waals surface area (Å²) in [7, 11) is 0. The van der Waals surface area contributed by atoms with Crippen molar-refractivity contribution in [3.05, 3.63) is 28.3 Å². The quantitative estimate of drug-likeness (QED) is 0.735. The average Bonchev–Trinajstić information content (AvgIpc) is 2.06. The molecular weight excluding hydrogens is 233 g/mol. The van der Waals surface area contributed by atoms with Gasteiger partial charge in [0.1, 0.15) is 0 Å². The van der Waals surface area contributed by atoms with E-state index in [4.69, 9.17) is 23.1 Å². The number of rotatable bonds is 1. The lowest BCUT2D eigenvalue weighted by atomic mass is 10.1. The summed E-state index contributed by atoms with van der Waals surface area (Å²) in [5.74, 6) is -1.20. The van der Waals surface area contributed by atoms with Crippen LogP contribution in [0.5, 0.6) is 0 Å². The van der Waals surface area contributed by atoms with E-state index in [1.807, 2.05) is 0 Å². The van der Waals surface area contributed by atoms with Gasteiger partial charge in [0.25, 0.3) is 0 Å². The SMILES string of the molecule is NC(=O)c1cc(N)c(Cl)cc1C(F)(F)F. The number of carbonyl (C=O) groups excluding carboxylic acids is 1. The minimum absolute atomic E-state index is 0.126. The molecule has 0 aliphatic carbocycles. The highest BCUT2D eigenvalue weighted by atomic mass is 35.5. The van der Waals surface area contributed by atoms with Crippen molar-refractivity contribution in [2.24, 2.45) is 5.73 Å². The van der Waals surface area contributed by atoms with Crippen LogP contribution >= 0.6 is 11.6 Å². The maximum Gasteiger partial charge on any atom is 0.417 e. The van der Waals surface area contributed by atoms with Crippen molar-refractivity contribution < 1.29 is 18.0 Å². The number of anilines is 1. The van der Waals surface area contributed by atoms with Crippen LogP contribution in [0.25, 0.3) is 0 Å². The molecule has 0 aromatic heterocycles. The molecule has 0 radical (unpaired) electrons. The maximum atomic E-state index is 12.4. The van der Waals surface area contributed by atoms with E-state index in [0.717, 1.165) is 6.07 Å². The van der Waals surface area contributed by atoms with E-state index in [2.05, 4.69) is 0 Å². The van der Waals surface area contributed by atoms with Crippen molar-refractivity contribution in [3.63, 3.8) is 0 Å². The predicted molar refractivity (Wildman–Crippen MR) is 49.4 cm³/mol. The highest BCUT2D eigenvalue weighted by Gasteiger charge is 2.35. The summed E-state index contributed by atoms with van der Waals surface area (Å²) >= 11 is 5.42. The molecule has 0 atom stereocenters. The number of hydrogen-bond acceptors (Lipinski definition) is 2. The summed E-state index contributed by atoms with van der Waals surface area (Å²) in [5, 5.41) is -0.271. The maximum absolute atomic E-state index is 12.4. The van der Waals surface area contributed by atoms with Crippen molar-refractivity contribution in [2.75, 3.05) is 5.73 Å². The zero-order valence-electron chi connectivity index (χ0n) is 7.23. The second kappa shape index (κ2) is 3.62. The van der Waals surface area contributed by atoms with Gasteiger partial charge >= 0.3 is 6.18 Å². The van der Waals surface area contributed by atoms with Crippen molar-refractivity contribution in [3.8, 4) is 0 Å². The Morgan fingerprint density at radius 3 is 2.27 bits per heavy atom. The van der Waals surface area contributed by atoms with Gasteiger partial charge in [0.05, 0.1) is 21.8 Å². The fourth-order valence-corrected chi connectivity index (χ4v) is 1.19. The lowest BCUT2D eigenvalue weighted by molar-refractivity contribution is -0.137. The van der Waals surface area contributed by atoms with Crippen LogP contribution in [0, 0.1) is 0 Å². The van der Waals surface area contributed by atoms with E-state index in [1.54, 1.807) is 0 Å². The third-order valence-corrected chi connectivity index (χ3v) is 2.04. The van der Waals surface area contributed by atoms with E-state index in [1.165, 1.54) is 0 Å². The van der Waals surface area contributed by atoms with Gasteiger partial charge in [-0.25, -0.2) is 0 Å². The lowest BCUT2D eigenvalue weighted by Gasteiger charge is -2.12. The Balaban J connectivity index is 3.49. The first-order chi connectivity index (χ1) is 6.73. The summed E-state index contributed by atoms with van der Waals surface area (Å²) < 4.78 is 37.2. The first-order valence-corrected chi connectivity index (χ1v) is 4.07. The largest absolute Gasteiger partial charge is 0.417 e. The Labute approximate surface area is 87.8 Å². The first-order valence-electron chi connectivity index (χ1n) is 3.69. The van der Waals surface area contributed by atoms with Crippen LogP contribution in [-0.4, -0.2) is 5.91 Å². The molecule has 15 heavy (non-hydrogen) atoms. The summed E-state index contributed by atoms with van der Waals surface area (Å²) in [5.41, 5.74) is 8.05. The van der Waals surface area contributed by atoms with Crippen LogP contribution < -0.4 is 11.5 Å². The third kappa shape index (κ3) is 2.33. The number of primary amides is 1. The molecule has 0 fully saturated rings. The smallest absolute Gasteiger partial charge is 0.398 e. The molecule has 3 nitrogen and oxygen atoms in total. The van der Waals surface area contributed by atoms with Crippen LogP contribution in [0.2, 0.25) is 5.02 Å². The van der Waals surface area contributed by atoms with Gasteiger partial charge in [0.15, 0.2) is 0 Å². The van der Waals surface area contributed by atoms with Gasteiger partial charge in [-0.15, -0.1) is 0 Å². The van der Waals surface area contributed by atoms with E-state index in [-0.39, 0.29) is 10.7 Å². The molecule has 1 amide bonds. The number of nitrogen functional groups attached to an aromatic ring is 1. The van der Waals surface area contributed by atoms with Gasteiger partial charge in [-0.1, -0.05) is 11.6 Å². The Morgan fingerprint density at radius 2 is 1.87 bits per heavy atom. The Bertz CT molecular complexity index is 417. The number of halogens is 4. The normalized spacial score (nSPS) is 11.5. The second-order valence-corrected chi connectivity index (χ2v) is 3.19. The molecule has 0 aliphatic heterocycles. The molecule has 0 aliphatic rings. The molecule has 0 saturated carbocycles. The van der Waals surface area contributed by atoms with E-state index in [9.17, 15) is 18.0 Å². The Morgan fingerprint density at radius 1 is 1.33 bits per heavy atom. The molecule has 4 N–H and O–H groups in total. The lowest BCUT2D eigenvalue weighted by Crippen LogP contribution is -2.19. The molecular formula is C8H6ClF3N2O. The molecule has 1 aromatic rings. The van der Waals surface area contributed by atoms with Gasteiger partial charge in [0, 0.05) is 0 Å². The third-order valence-electron chi connectivity index (χ3n) is 1.71. The number of carbonyl (C=O) groups is 1. The first kappa shape index (κ1) is 11.6. The number of nitrogens with two attached hydrogens (primary N) is 2. The zero-order chi connectivity index (χ0) is 11.8. The molecule has 0 spiro atoms. The molecule has 1 rings (SSSR count). The average molecular weight is 239 g/mol. The van der Waals surface area contributed by atoms with Crippen LogP contribution in [0.3, 0.4) is 0 Å². The van der Waals surface area contributed by atoms with Crippen molar-refractivity contribution in [2.45, 2.75) is 6.18 Å². The van der Waals surface area contributed by atoms with Gasteiger partial charge < -0.3 is 11.5 Å². The summed E-state index contributed by atoms with van der Waals surface area (Å²) in [6.45, 7) is 0.